The second kappa shape index (κ2) is 6.05. The van der Waals surface area contributed by atoms with Crippen molar-refractivity contribution in [2.24, 2.45) is 0 Å². The molecule has 2 rings (SSSR count). The predicted molar refractivity (Wildman–Crippen MR) is 73.2 cm³/mol. The van der Waals surface area contributed by atoms with E-state index in [2.05, 4.69) is 15.9 Å². The second-order valence-electron chi connectivity index (χ2n) is 4.03. The standard InChI is InChI=1S/C11H12BrClFNO3S/c12-9-5-8(7-13)11(14)10(6-9)19(16,17)15-1-3-18-4-2-15/h5-6H,1-4,7H2. The number of halogens is 3. The molecule has 8 heteroatoms. The van der Waals surface area contributed by atoms with Crippen LogP contribution in [0.4, 0.5) is 4.39 Å². The molecule has 1 heterocycles. The summed E-state index contributed by atoms with van der Waals surface area (Å²) < 4.78 is 45.8. The van der Waals surface area contributed by atoms with Crippen molar-refractivity contribution in [1.29, 1.82) is 0 Å². The molecule has 0 bridgehead atoms. The molecule has 0 spiro atoms. The molecule has 0 radical (unpaired) electrons. The van der Waals surface area contributed by atoms with Crippen LogP contribution in [0.5, 0.6) is 0 Å². The fraction of sp³-hybridized carbons (Fsp3) is 0.455. The molecule has 0 unspecified atom stereocenters. The molecule has 1 aliphatic rings. The van der Waals surface area contributed by atoms with Crippen LogP contribution in [0.3, 0.4) is 0 Å². The van der Waals surface area contributed by atoms with E-state index < -0.39 is 15.8 Å². The van der Waals surface area contributed by atoms with E-state index in [0.717, 1.165) is 0 Å². The number of sulfonamides is 1. The summed E-state index contributed by atoms with van der Waals surface area (Å²) in [7, 11) is -3.86. The molecule has 0 saturated carbocycles. The van der Waals surface area contributed by atoms with Gasteiger partial charge in [0.15, 0.2) is 0 Å². The maximum atomic E-state index is 14.2. The van der Waals surface area contributed by atoms with Gasteiger partial charge >= 0.3 is 0 Å². The fourth-order valence-corrected chi connectivity index (χ4v) is 4.22. The predicted octanol–water partition coefficient (Wildman–Crippen LogP) is 2.35. The number of rotatable bonds is 3. The number of ether oxygens (including phenoxy) is 1. The molecule has 1 aromatic carbocycles. The van der Waals surface area contributed by atoms with Crippen molar-refractivity contribution in [2.45, 2.75) is 10.8 Å². The summed E-state index contributed by atoms with van der Waals surface area (Å²) >= 11 is 8.79. The Bertz CT molecular complexity index is 576. The van der Waals surface area contributed by atoms with Crippen molar-refractivity contribution in [3.63, 3.8) is 0 Å². The minimum Gasteiger partial charge on any atom is -0.379 e. The molecule has 1 fully saturated rings. The number of alkyl halides is 1. The van der Waals surface area contributed by atoms with Crippen LogP contribution in [0.15, 0.2) is 21.5 Å². The van der Waals surface area contributed by atoms with Crippen molar-refractivity contribution >= 4 is 37.6 Å². The maximum absolute atomic E-state index is 14.2. The number of benzene rings is 1. The lowest BCUT2D eigenvalue weighted by atomic mass is 10.2. The van der Waals surface area contributed by atoms with Gasteiger partial charge in [0, 0.05) is 23.1 Å². The van der Waals surface area contributed by atoms with Crippen molar-refractivity contribution in [1.82, 2.24) is 4.31 Å². The van der Waals surface area contributed by atoms with Gasteiger partial charge in [-0.05, 0) is 12.1 Å². The molecule has 0 N–H and O–H groups in total. The Kier molecular flexibility index (Phi) is 4.84. The zero-order chi connectivity index (χ0) is 14.0. The van der Waals surface area contributed by atoms with Crippen molar-refractivity contribution in [3.05, 3.63) is 28.0 Å². The minimum absolute atomic E-state index is 0.0864. The highest BCUT2D eigenvalue weighted by atomic mass is 79.9. The first-order chi connectivity index (χ1) is 8.96. The lowest BCUT2D eigenvalue weighted by molar-refractivity contribution is 0.0729. The molecular formula is C11H12BrClFNO3S. The normalized spacial score (nSPS) is 17.6. The van der Waals surface area contributed by atoms with Gasteiger partial charge in [0.2, 0.25) is 10.0 Å². The van der Waals surface area contributed by atoms with Crippen LogP contribution in [0.25, 0.3) is 0 Å². The number of nitrogens with zero attached hydrogens (tertiary/aromatic N) is 1. The molecule has 1 saturated heterocycles. The highest BCUT2D eigenvalue weighted by molar-refractivity contribution is 9.10. The Balaban J connectivity index is 2.47. The van der Waals surface area contributed by atoms with Gasteiger partial charge in [-0.1, -0.05) is 15.9 Å². The van der Waals surface area contributed by atoms with Crippen molar-refractivity contribution < 1.29 is 17.5 Å². The third-order valence-electron chi connectivity index (χ3n) is 2.81. The lowest BCUT2D eigenvalue weighted by Crippen LogP contribution is -2.41. The van der Waals surface area contributed by atoms with Crippen LogP contribution in [0, 0.1) is 5.82 Å². The molecule has 1 aromatic rings. The van der Waals surface area contributed by atoms with E-state index in [0.29, 0.717) is 17.7 Å². The van der Waals surface area contributed by atoms with Crippen LogP contribution in [-0.4, -0.2) is 39.0 Å². The first-order valence-electron chi connectivity index (χ1n) is 5.58. The summed E-state index contributed by atoms with van der Waals surface area (Å²) in [4.78, 5) is -0.348. The highest BCUT2D eigenvalue weighted by Gasteiger charge is 2.30. The molecule has 1 aliphatic heterocycles. The van der Waals surface area contributed by atoms with E-state index in [1.807, 2.05) is 0 Å². The monoisotopic (exact) mass is 371 g/mol. The molecule has 4 nitrogen and oxygen atoms in total. The van der Waals surface area contributed by atoms with E-state index in [1.165, 1.54) is 16.4 Å². The Labute approximate surface area is 124 Å². The first kappa shape index (κ1) is 15.2. The van der Waals surface area contributed by atoms with Gasteiger partial charge < -0.3 is 4.74 Å². The molecule has 0 aromatic heterocycles. The average molecular weight is 373 g/mol. The Morgan fingerprint density at radius 1 is 1.37 bits per heavy atom. The SMILES string of the molecule is O=S(=O)(c1cc(Br)cc(CCl)c1F)N1CCOCC1. The molecular weight excluding hydrogens is 361 g/mol. The quantitative estimate of drug-likeness (QED) is 0.765. The summed E-state index contributed by atoms with van der Waals surface area (Å²) in [5.74, 6) is -0.874. The number of hydrogen-bond acceptors (Lipinski definition) is 3. The zero-order valence-electron chi connectivity index (χ0n) is 9.90. The van der Waals surface area contributed by atoms with E-state index in [1.54, 1.807) is 0 Å². The van der Waals surface area contributed by atoms with Crippen LogP contribution in [0.2, 0.25) is 0 Å². The summed E-state index contributed by atoms with van der Waals surface area (Å²) in [6.45, 7) is 1.09. The third-order valence-corrected chi connectivity index (χ3v) is 5.45. The smallest absolute Gasteiger partial charge is 0.246 e. The fourth-order valence-electron chi connectivity index (χ4n) is 1.83. The van der Waals surface area contributed by atoms with Gasteiger partial charge in [-0.15, -0.1) is 11.6 Å². The van der Waals surface area contributed by atoms with E-state index >= 15 is 0 Å². The highest BCUT2D eigenvalue weighted by Crippen LogP contribution is 2.27. The van der Waals surface area contributed by atoms with Crippen molar-refractivity contribution in [3.8, 4) is 0 Å². The van der Waals surface area contributed by atoms with Gasteiger partial charge in [-0.25, -0.2) is 12.8 Å². The Morgan fingerprint density at radius 3 is 2.58 bits per heavy atom. The van der Waals surface area contributed by atoms with E-state index in [-0.39, 0.29) is 29.4 Å². The Morgan fingerprint density at radius 2 is 2.00 bits per heavy atom. The Hall–Kier alpha value is -0.210. The van der Waals surface area contributed by atoms with Gasteiger partial charge in [-0.3, -0.25) is 0 Å². The largest absolute Gasteiger partial charge is 0.379 e. The molecule has 0 aliphatic carbocycles. The average Bonchev–Trinajstić information content (AvgIpc) is 2.41. The summed E-state index contributed by atoms with van der Waals surface area (Å²) in [5.41, 5.74) is 0.155. The van der Waals surface area contributed by atoms with Crippen LogP contribution >= 0.6 is 27.5 Å². The summed E-state index contributed by atoms with van der Waals surface area (Å²) in [5, 5.41) is 0. The van der Waals surface area contributed by atoms with E-state index in [4.69, 9.17) is 16.3 Å². The zero-order valence-corrected chi connectivity index (χ0v) is 13.1. The van der Waals surface area contributed by atoms with Gasteiger partial charge in [0.1, 0.15) is 10.7 Å². The van der Waals surface area contributed by atoms with Gasteiger partial charge in [0.05, 0.1) is 19.1 Å². The first-order valence-corrected chi connectivity index (χ1v) is 8.35. The van der Waals surface area contributed by atoms with E-state index in [9.17, 15) is 12.8 Å². The lowest BCUT2D eigenvalue weighted by Gasteiger charge is -2.26. The molecule has 106 valence electrons. The molecule has 0 amide bonds. The number of morpholine rings is 1. The molecule has 19 heavy (non-hydrogen) atoms. The topological polar surface area (TPSA) is 46.6 Å². The summed E-state index contributed by atoms with van der Waals surface area (Å²) in [6.07, 6.45) is 0. The second-order valence-corrected chi connectivity index (χ2v) is 7.12. The summed E-state index contributed by atoms with van der Waals surface area (Å²) in [6, 6.07) is 2.73. The third kappa shape index (κ3) is 3.11. The van der Waals surface area contributed by atoms with Crippen molar-refractivity contribution in [2.75, 3.05) is 26.3 Å². The van der Waals surface area contributed by atoms with Crippen LogP contribution in [0.1, 0.15) is 5.56 Å². The molecule has 0 atom stereocenters. The van der Waals surface area contributed by atoms with Crippen LogP contribution < -0.4 is 0 Å². The van der Waals surface area contributed by atoms with Gasteiger partial charge in [-0.2, -0.15) is 4.31 Å². The minimum atomic E-state index is -3.86. The van der Waals surface area contributed by atoms with Gasteiger partial charge in [0.25, 0.3) is 0 Å². The number of hydrogen-bond donors (Lipinski definition) is 0. The van der Waals surface area contributed by atoms with Crippen LogP contribution in [-0.2, 0) is 20.6 Å². The maximum Gasteiger partial charge on any atom is 0.246 e.